The van der Waals surface area contributed by atoms with Crippen LogP contribution in [0, 0.1) is 5.82 Å². The Balaban J connectivity index is 1.35. The van der Waals surface area contributed by atoms with Gasteiger partial charge in [0, 0.05) is 68.4 Å². The number of halogens is 2. The van der Waals surface area contributed by atoms with E-state index in [-0.39, 0.29) is 17.6 Å². The fourth-order valence-electron chi connectivity index (χ4n) is 4.09. The Kier molecular flexibility index (Phi) is 6.35. The van der Waals surface area contributed by atoms with Crippen LogP contribution in [0.4, 0.5) is 4.39 Å². The second-order valence-corrected chi connectivity index (χ2v) is 8.29. The fourth-order valence-corrected chi connectivity index (χ4v) is 4.32. The quantitative estimate of drug-likeness (QED) is 0.730. The molecule has 0 N–H and O–H groups in total. The largest absolute Gasteiger partial charge is 0.338 e. The predicted octanol–water partition coefficient (Wildman–Crippen LogP) is 3.56. The van der Waals surface area contributed by atoms with Gasteiger partial charge in [0.1, 0.15) is 5.82 Å². The van der Waals surface area contributed by atoms with Gasteiger partial charge in [0.25, 0.3) is 5.91 Å². The van der Waals surface area contributed by atoms with Gasteiger partial charge in [0.2, 0.25) is 5.91 Å². The zero-order valence-electron chi connectivity index (χ0n) is 16.8. The molecule has 158 valence electrons. The third-order valence-electron chi connectivity index (χ3n) is 5.82. The van der Waals surface area contributed by atoms with Crippen molar-refractivity contribution < 1.29 is 14.0 Å². The fraction of sp³-hybridized carbons (Fsp3) is 0.391. The Bertz CT molecular complexity index is 924. The Morgan fingerprint density at radius 3 is 2.47 bits per heavy atom. The molecule has 4 rings (SSSR count). The summed E-state index contributed by atoms with van der Waals surface area (Å²) in [7, 11) is 0. The van der Waals surface area contributed by atoms with Crippen LogP contribution in [0.1, 0.15) is 34.3 Å². The second kappa shape index (κ2) is 9.14. The van der Waals surface area contributed by atoms with Crippen LogP contribution in [0.5, 0.6) is 0 Å². The number of likely N-dealkylation sites (tertiary alicyclic amines) is 1. The maximum atomic E-state index is 14.0. The molecular formula is C23H25ClFN3O2. The Morgan fingerprint density at radius 2 is 1.77 bits per heavy atom. The van der Waals surface area contributed by atoms with E-state index in [0.29, 0.717) is 61.8 Å². The normalized spacial score (nSPS) is 17.6. The summed E-state index contributed by atoms with van der Waals surface area (Å²) >= 11 is 6.14. The van der Waals surface area contributed by atoms with Crippen molar-refractivity contribution in [3.63, 3.8) is 0 Å². The summed E-state index contributed by atoms with van der Waals surface area (Å²) in [5.41, 5.74) is 2.12. The smallest absolute Gasteiger partial charge is 0.253 e. The van der Waals surface area contributed by atoms with E-state index >= 15 is 0 Å². The van der Waals surface area contributed by atoms with Gasteiger partial charge in [-0.3, -0.25) is 14.5 Å². The Labute approximate surface area is 181 Å². The van der Waals surface area contributed by atoms with E-state index in [0.717, 1.165) is 18.5 Å². The van der Waals surface area contributed by atoms with Gasteiger partial charge in [-0.2, -0.15) is 0 Å². The highest BCUT2D eigenvalue weighted by molar-refractivity contribution is 6.31. The van der Waals surface area contributed by atoms with Crippen molar-refractivity contribution in [2.24, 2.45) is 0 Å². The summed E-state index contributed by atoms with van der Waals surface area (Å²) in [6.45, 7) is 4.27. The van der Waals surface area contributed by atoms with Crippen molar-refractivity contribution in [3.05, 3.63) is 70.0 Å². The van der Waals surface area contributed by atoms with E-state index in [4.69, 9.17) is 11.6 Å². The average molecular weight is 430 g/mol. The molecule has 0 radical (unpaired) electrons. The van der Waals surface area contributed by atoms with Gasteiger partial charge in [-0.15, -0.1) is 0 Å². The molecule has 7 heteroatoms. The standard InChI is InChI=1S/C23H25ClFN3O2/c24-20-6-2-7-21(25)19(20)16-26-10-12-27(13-11-26)23(30)18-5-1-4-17(14-18)15-28-9-3-8-22(28)29/h1-2,4-7,14H,3,8-13,15-16H2. The molecule has 0 saturated carbocycles. The monoisotopic (exact) mass is 429 g/mol. The Hall–Kier alpha value is -2.44. The number of piperazine rings is 1. The summed E-state index contributed by atoms with van der Waals surface area (Å²) in [5.74, 6) is -0.125. The molecule has 0 unspecified atom stereocenters. The van der Waals surface area contributed by atoms with Crippen molar-refractivity contribution in [2.45, 2.75) is 25.9 Å². The summed E-state index contributed by atoms with van der Waals surface area (Å²) < 4.78 is 14.0. The maximum absolute atomic E-state index is 14.0. The third-order valence-corrected chi connectivity index (χ3v) is 6.18. The highest BCUT2D eigenvalue weighted by Gasteiger charge is 2.24. The zero-order chi connectivity index (χ0) is 21.1. The summed E-state index contributed by atoms with van der Waals surface area (Å²) in [5, 5.41) is 0.432. The van der Waals surface area contributed by atoms with Gasteiger partial charge in [0.15, 0.2) is 0 Å². The first kappa shape index (κ1) is 20.8. The molecule has 2 aromatic rings. The van der Waals surface area contributed by atoms with Crippen LogP contribution < -0.4 is 0 Å². The minimum atomic E-state index is -0.297. The lowest BCUT2D eigenvalue weighted by Gasteiger charge is -2.35. The lowest BCUT2D eigenvalue weighted by Crippen LogP contribution is -2.48. The molecule has 0 atom stereocenters. The number of benzene rings is 2. The number of carbonyl (C=O) groups excluding carboxylic acids is 2. The molecule has 2 amide bonds. The van der Waals surface area contributed by atoms with Crippen molar-refractivity contribution >= 4 is 23.4 Å². The summed E-state index contributed by atoms with van der Waals surface area (Å²) in [6.07, 6.45) is 1.51. The number of rotatable bonds is 5. The molecule has 0 aromatic heterocycles. The third kappa shape index (κ3) is 4.65. The molecule has 2 fully saturated rings. The van der Waals surface area contributed by atoms with Gasteiger partial charge in [-0.1, -0.05) is 29.8 Å². The molecule has 0 bridgehead atoms. The minimum absolute atomic E-state index is 0.00632. The predicted molar refractivity (Wildman–Crippen MR) is 114 cm³/mol. The maximum Gasteiger partial charge on any atom is 0.253 e. The number of amides is 2. The van der Waals surface area contributed by atoms with E-state index in [1.54, 1.807) is 12.1 Å². The molecule has 0 spiro atoms. The average Bonchev–Trinajstić information content (AvgIpc) is 3.15. The van der Waals surface area contributed by atoms with Gasteiger partial charge in [0.05, 0.1) is 0 Å². The van der Waals surface area contributed by atoms with Gasteiger partial charge < -0.3 is 9.80 Å². The van der Waals surface area contributed by atoms with Crippen LogP contribution in [0.3, 0.4) is 0 Å². The van der Waals surface area contributed by atoms with E-state index in [1.807, 2.05) is 34.1 Å². The molecule has 30 heavy (non-hydrogen) atoms. The van der Waals surface area contributed by atoms with Crippen LogP contribution in [-0.2, 0) is 17.9 Å². The van der Waals surface area contributed by atoms with Gasteiger partial charge in [-0.25, -0.2) is 4.39 Å². The van der Waals surface area contributed by atoms with Gasteiger partial charge in [-0.05, 0) is 36.2 Å². The van der Waals surface area contributed by atoms with Crippen LogP contribution in [0.15, 0.2) is 42.5 Å². The lowest BCUT2D eigenvalue weighted by molar-refractivity contribution is -0.128. The van der Waals surface area contributed by atoms with Gasteiger partial charge >= 0.3 is 0 Å². The number of nitrogens with zero attached hydrogens (tertiary/aromatic N) is 3. The molecule has 0 aliphatic carbocycles. The molecule has 2 aromatic carbocycles. The molecule has 5 nitrogen and oxygen atoms in total. The van der Waals surface area contributed by atoms with Crippen molar-refractivity contribution in [2.75, 3.05) is 32.7 Å². The van der Waals surface area contributed by atoms with Crippen molar-refractivity contribution in [1.82, 2.24) is 14.7 Å². The lowest BCUT2D eigenvalue weighted by atomic mass is 10.1. The molecule has 2 heterocycles. The SMILES string of the molecule is O=C1CCCN1Cc1cccc(C(=O)N2CCN(Cc3c(F)cccc3Cl)CC2)c1. The van der Waals surface area contributed by atoms with E-state index < -0.39 is 0 Å². The van der Waals surface area contributed by atoms with Crippen LogP contribution in [-0.4, -0.2) is 59.2 Å². The number of hydrogen-bond donors (Lipinski definition) is 0. The first-order valence-corrected chi connectivity index (χ1v) is 10.7. The van der Waals surface area contributed by atoms with Crippen LogP contribution >= 0.6 is 11.6 Å². The zero-order valence-corrected chi connectivity index (χ0v) is 17.6. The topological polar surface area (TPSA) is 43.9 Å². The number of carbonyl (C=O) groups is 2. The van der Waals surface area contributed by atoms with E-state index in [1.165, 1.54) is 6.07 Å². The van der Waals surface area contributed by atoms with Crippen LogP contribution in [0.2, 0.25) is 5.02 Å². The van der Waals surface area contributed by atoms with E-state index in [9.17, 15) is 14.0 Å². The van der Waals surface area contributed by atoms with Crippen LogP contribution in [0.25, 0.3) is 0 Å². The highest BCUT2D eigenvalue weighted by Crippen LogP contribution is 2.22. The second-order valence-electron chi connectivity index (χ2n) is 7.89. The minimum Gasteiger partial charge on any atom is -0.338 e. The van der Waals surface area contributed by atoms with E-state index in [2.05, 4.69) is 4.90 Å². The van der Waals surface area contributed by atoms with Crippen molar-refractivity contribution in [3.8, 4) is 0 Å². The molecule has 2 aliphatic heterocycles. The first-order chi connectivity index (χ1) is 14.5. The number of hydrogen-bond acceptors (Lipinski definition) is 3. The summed E-state index contributed by atoms with van der Waals surface area (Å²) in [6, 6.07) is 12.3. The highest BCUT2D eigenvalue weighted by atomic mass is 35.5. The Morgan fingerprint density at radius 1 is 1.00 bits per heavy atom. The van der Waals surface area contributed by atoms with Crippen molar-refractivity contribution in [1.29, 1.82) is 0 Å². The molecule has 2 saturated heterocycles. The molecular weight excluding hydrogens is 405 g/mol. The first-order valence-electron chi connectivity index (χ1n) is 10.3. The summed E-state index contributed by atoms with van der Waals surface area (Å²) in [4.78, 5) is 30.6. The molecule has 2 aliphatic rings.